The molecule has 0 aliphatic heterocycles. The lowest BCUT2D eigenvalue weighted by Crippen LogP contribution is -2.12. The van der Waals surface area contributed by atoms with E-state index < -0.39 is 11.9 Å². The lowest BCUT2D eigenvalue weighted by molar-refractivity contribution is -0.151. The normalized spacial score (nSPS) is 10.4. The molecule has 4 nitrogen and oxygen atoms in total. The molecular weight excluding hydrogens is 263 g/mol. The molecule has 0 fully saturated rings. The Balaban J connectivity index is 2.20. The van der Waals surface area contributed by atoms with Gasteiger partial charge in [0.15, 0.2) is 0 Å². The van der Waals surface area contributed by atoms with Crippen LogP contribution in [0.2, 0.25) is 0 Å². The Kier molecular flexibility index (Phi) is 6.70. The molecule has 5 heteroatoms. The van der Waals surface area contributed by atoms with Gasteiger partial charge in [0.25, 0.3) is 0 Å². The van der Waals surface area contributed by atoms with E-state index in [-0.39, 0.29) is 31.2 Å². The van der Waals surface area contributed by atoms with Gasteiger partial charge in [-0.15, -0.1) is 0 Å². The van der Waals surface area contributed by atoms with Crippen molar-refractivity contribution < 1.29 is 23.5 Å². The Morgan fingerprint density at radius 2 is 1.60 bits per heavy atom. The Labute approximate surface area is 117 Å². The third-order valence-corrected chi connectivity index (χ3v) is 2.42. The van der Waals surface area contributed by atoms with E-state index in [1.807, 2.05) is 13.8 Å². The molecule has 110 valence electrons. The zero-order valence-corrected chi connectivity index (χ0v) is 11.7. The SMILES string of the molecule is CC(C)COC(=O)CCC(=O)OCc1ccc(F)cc1. The van der Waals surface area contributed by atoms with Crippen LogP contribution in [-0.4, -0.2) is 18.5 Å². The first-order valence-corrected chi connectivity index (χ1v) is 6.53. The molecule has 20 heavy (non-hydrogen) atoms. The van der Waals surface area contributed by atoms with Gasteiger partial charge in [-0.3, -0.25) is 9.59 Å². The molecule has 0 heterocycles. The van der Waals surface area contributed by atoms with Crippen LogP contribution in [0.1, 0.15) is 32.3 Å². The largest absolute Gasteiger partial charge is 0.465 e. The number of benzene rings is 1. The van der Waals surface area contributed by atoms with Crippen LogP contribution < -0.4 is 0 Å². The van der Waals surface area contributed by atoms with Gasteiger partial charge < -0.3 is 9.47 Å². The highest BCUT2D eigenvalue weighted by Gasteiger charge is 2.10. The molecule has 0 radical (unpaired) electrons. The van der Waals surface area contributed by atoms with Crippen LogP contribution in [0.3, 0.4) is 0 Å². The van der Waals surface area contributed by atoms with Crippen molar-refractivity contribution in [3.63, 3.8) is 0 Å². The summed E-state index contributed by atoms with van der Waals surface area (Å²) in [7, 11) is 0. The average molecular weight is 282 g/mol. The highest BCUT2D eigenvalue weighted by Crippen LogP contribution is 2.06. The third kappa shape index (κ3) is 6.87. The van der Waals surface area contributed by atoms with Gasteiger partial charge in [0, 0.05) is 0 Å². The Bertz CT molecular complexity index is 440. The summed E-state index contributed by atoms with van der Waals surface area (Å²) in [5.74, 6) is -0.953. The highest BCUT2D eigenvalue weighted by atomic mass is 19.1. The quantitative estimate of drug-likeness (QED) is 0.722. The lowest BCUT2D eigenvalue weighted by atomic mass is 10.2. The van der Waals surface area contributed by atoms with Crippen molar-refractivity contribution in [2.45, 2.75) is 33.3 Å². The van der Waals surface area contributed by atoms with Gasteiger partial charge in [-0.25, -0.2) is 4.39 Å². The number of rotatable bonds is 7. The third-order valence-electron chi connectivity index (χ3n) is 2.42. The molecule has 0 amide bonds. The predicted molar refractivity (Wildman–Crippen MR) is 71.2 cm³/mol. The molecular formula is C15H19FO4. The van der Waals surface area contributed by atoms with Gasteiger partial charge >= 0.3 is 11.9 Å². The van der Waals surface area contributed by atoms with E-state index in [2.05, 4.69) is 0 Å². The van der Waals surface area contributed by atoms with Crippen molar-refractivity contribution >= 4 is 11.9 Å². The number of halogens is 1. The number of ether oxygens (including phenoxy) is 2. The van der Waals surface area contributed by atoms with Gasteiger partial charge in [-0.05, 0) is 23.6 Å². The summed E-state index contributed by atoms with van der Waals surface area (Å²) in [5, 5.41) is 0. The van der Waals surface area contributed by atoms with Gasteiger partial charge in [0.2, 0.25) is 0 Å². The fourth-order valence-corrected chi connectivity index (χ4v) is 1.35. The summed E-state index contributed by atoms with van der Waals surface area (Å²) in [5.41, 5.74) is 0.696. The smallest absolute Gasteiger partial charge is 0.306 e. The topological polar surface area (TPSA) is 52.6 Å². The first-order chi connectivity index (χ1) is 9.47. The van der Waals surface area contributed by atoms with Crippen molar-refractivity contribution in [1.82, 2.24) is 0 Å². The van der Waals surface area contributed by atoms with Crippen LogP contribution in [0.15, 0.2) is 24.3 Å². The average Bonchev–Trinajstić information content (AvgIpc) is 2.42. The highest BCUT2D eigenvalue weighted by molar-refractivity contribution is 5.77. The zero-order chi connectivity index (χ0) is 15.0. The van der Waals surface area contributed by atoms with Gasteiger partial charge in [-0.2, -0.15) is 0 Å². The molecule has 0 saturated carbocycles. The Morgan fingerprint density at radius 3 is 2.15 bits per heavy atom. The lowest BCUT2D eigenvalue weighted by Gasteiger charge is -2.07. The molecule has 0 atom stereocenters. The summed E-state index contributed by atoms with van der Waals surface area (Å²) in [6.45, 7) is 4.29. The van der Waals surface area contributed by atoms with Crippen LogP contribution >= 0.6 is 0 Å². The first-order valence-electron chi connectivity index (χ1n) is 6.53. The Hall–Kier alpha value is -1.91. The minimum absolute atomic E-state index is 0.00890. The minimum Gasteiger partial charge on any atom is -0.465 e. The van der Waals surface area contributed by atoms with Crippen LogP contribution in [-0.2, 0) is 25.7 Å². The summed E-state index contributed by atoms with van der Waals surface area (Å²) in [4.78, 5) is 22.7. The standard InChI is InChI=1S/C15H19FO4/c1-11(2)9-19-14(17)7-8-15(18)20-10-12-3-5-13(16)6-4-12/h3-6,11H,7-10H2,1-2H3. The molecule has 0 unspecified atom stereocenters. The van der Waals surface area contributed by atoms with E-state index in [4.69, 9.17) is 9.47 Å². The van der Waals surface area contributed by atoms with Crippen molar-refractivity contribution in [2.75, 3.05) is 6.61 Å². The summed E-state index contributed by atoms with van der Waals surface area (Å²) in [6, 6.07) is 5.68. The molecule has 1 aromatic rings. The fraction of sp³-hybridized carbons (Fsp3) is 0.467. The molecule has 0 N–H and O–H groups in total. The summed E-state index contributed by atoms with van der Waals surface area (Å²) in [6.07, 6.45) is -0.00685. The van der Waals surface area contributed by atoms with Crippen LogP contribution in [0.25, 0.3) is 0 Å². The number of esters is 2. The molecule has 1 aromatic carbocycles. The van der Waals surface area contributed by atoms with Gasteiger partial charge in [0.05, 0.1) is 19.4 Å². The maximum atomic E-state index is 12.7. The minimum atomic E-state index is -0.476. The molecule has 0 bridgehead atoms. The second-order valence-corrected chi connectivity index (χ2v) is 4.86. The number of carbonyl (C=O) groups is 2. The fourth-order valence-electron chi connectivity index (χ4n) is 1.35. The maximum Gasteiger partial charge on any atom is 0.306 e. The second-order valence-electron chi connectivity index (χ2n) is 4.86. The number of hydrogen-bond donors (Lipinski definition) is 0. The second kappa shape index (κ2) is 8.30. The predicted octanol–water partition coefficient (Wildman–Crippen LogP) is 2.85. The van der Waals surface area contributed by atoms with Gasteiger partial charge in [0.1, 0.15) is 12.4 Å². The number of carbonyl (C=O) groups excluding carboxylic acids is 2. The molecule has 0 aromatic heterocycles. The van der Waals surface area contributed by atoms with E-state index in [9.17, 15) is 14.0 Å². The molecule has 0 saturated heterocycles. The van der Waals surface area contributed by atoms with Crippen molar-refractivity contribution in [1.29, 1.82) is 0 Å². The molecule has 1 rings (SSSR count). The maximum absolute atomic E-state index is 12.7. The van der Waals surface area contributed by atoms with Gasteiger partial charge in [-0.1, -0.05) is 26.0 Å². The van der Waals surface area contributed by atoms with E-state index in [0.717, 1.165) is 0 Å². The molecule has 0 aliphatic rings. The zero-order valence-electron chi connectivity index (χ0n) is 11.7. The van der Waals surface area contributed by atoms with Crippen LogP contribution in [0.5, 0.6) is 0 Å². The summed E-state index contributed by atoms with van der Waals surface area (Å²) >= 11 is 0. The van der Waals surface area contributed by atoms with E-state index in [1.54, 1.807) is 12.1 Å². The monoisotopic (exact) mass is 282 g/mol. The summed E-state index contributed by atoms with van der Waals surface area (Å²) < 4.78 is 22.6. The van der Waals surface area contributed by atoms with Crippen molar-refractivity contribution in [3.8, 4) is 0 Å². The first kappa shape index (κ1) is 16.1. The van der Waals surface area contributed by atoms with E-state index >= 15 is 0 Å². The van der Waals surface area contributed by atoms with Crippen molar-refractivity contribution in [3.05, 3.63) is 35.6 Å². The van der Waals surface area contributed by atoms with Crippen molar-refractivity contribution in [2.24, 2.45) is 5.92 Å². The molecule has 0 spiro atoms. The van der Waals surface area contributed by atoms with Crippen LogP contribution in [0.4, 0.5) is 4.39 Å². The number of hydrogen-bond acceptors (Lipinski definition) is 4. The van der Waals surface area contributed by atoms with Crippen LogP contribution in [0, 0.1) is 11.7 Å². The van der Waals surface area contributed by atoms with E-state index in [0.29, 0.717) is 12.2 Å². The molecule has 0 aliphatic carbocycles. The van der Waals surface area contributed by atoms with E-state index in [1.165, 1.54) is 12.1 Å². The Morgan fingerprint density at radius 1 is 1.05 bits per heavy atom.